The lowest BCUT2D eigenvalue weighted by Gasteiger charge is -2.38. The highest BCUT2D eigenvalue weighted by Gasteiger charge is 2.34. The lowest BCUT2D eigenvalue weighted by Crippen LogP contribution is -2.42. The van der Waals surface area contributed by atoms with Gasteiger partial charge in [-0.05, 0) is 56.0 Å². The van der Waals surface area contributed by atoms with Crippen molar-refractivity contribution < 1.29 is 14.3 Å². The van der Waals surface area contributed by atoms with Crippen LogP contribution in [0.4, 0.5) is 0 Å². The molecule has 1 aliphatic heterocycles. The average Bonchev–Trinajstić information content (AvgIpc) is 2.59. The molecule has 4 nitrogen and oxygen atoms in total. The summed E-state index contributed by atoms with van der Waals surface area (Å²) in [7, 11) is 0. The van der Waals surface area contributed by atoms with Crippen molar-refractivity contribution >= 4 is 5.91 Å². The first-order valence-electron chi connectivity index (χ1n) is 9.55. The molecule has 1 atom stereocenters. The van der Waals surface area contributed by atoms with Crippen LogP contribution in [0.2, 0.25) is 0 Å². The molecule has 1 aliphatic rings. The van der Waals surface area contributed by atoms with Crippen LogP contribution in [0.25, 0.3) is 0 Å². The van der Waals surface area contributed by atoms with Crippen molar-refractivity contribution in [2.45, 2.75) is 58.6 Å². The number of amides is 1. The van der Waals surface area contributed by atoms with Gasteiger partial charge in [0.2, 0.25) is 0 Å². The van der Waals surface area contributed by atoms with E-state index in [1.807, 2.05) is 63.2 Å². The number of fused-ring (bicyclic) bond motifs is 1. The minimum Gasteiger partial charge on any atom is -0.487 e. The summed E-state index contributed by atoms with van der Waals surface area (Å²) < 4.78 is 11.7. The standard InChI is InChI=1S/C23H29NO3/c1-15(2)17-7-9-18(10-8-17)26-14-22(25)24-20-13-23(4,5)27-21-12-16(3)6-11-19(20)21/h6-12,15,20H,13-14H2,1-5H3,(H,24,25). The predicted octanol–water partition coefficient (Wildman–Crippen LogP) is 4.92. The largest absolute Gasteiger partial charge is 0.487 e. The van der Waals surface area contributed by atoms with E-state index >= 15 is 0 Å². The van der Waals surface area contributed by atoms with Crippen LogP contribution in [0.5, 0.6) is 11.5 Å². The van der Waals surface area contributed by atoms with Crippen molar-refractivity contribution in [3.05, 3.63) is 59.2 Å². The highest BCUT2D eigenvalue weighted by Crippen LogP contribution is 2.39. The highest BCUT2D eigenvalue weighted by molar-refractivity contribution is 5.78. The van der Waals surface area contributed by atoms with Crippen LogP contribution in [0.3, 0.4) is 0 Å². The molecule has 4 heteroatoms. The Bertz CT molecular complexity index is 809. The van der Waals surface area contributed by atoms with E-state index in [0.717, 1.165) is 23.3 Å². The zero-order chi connectivity index (χ0) is 19.6. The fourth-order valence-corrected chi connectivity index (χ4v) is 3.42. The number of carbonyl (C=O) groups is 1. The molecule has 0 spiro atoms. The number of rotatable bonds is 5. The number of benzene rings is 2. The first-order valence-corrected chi connectivity index (χ1v) is 9.55. The lowest BCUT2D eigenvalue weighted by molar-refractivity contribution is -0.124. The van der Waals surface area contributed by atoms with Gasteiger partial charge in [0.15, 0.2) is 6.61 Å². The van der Waals surface area contributed by atoms with Crippen molar-refractivity contribution in [2.24, 2.45) is 0 Å². The van der Waals surface area contributed by atoms with Gasteiger partial charge in [0.1, 0.15) is 17.1 Å². The number of hydrogen-bond donors (Lipinski definition) is 1. The second-order valence-electron chi connectivity index (χ2n) is 8.24. The third-order valence-electron chi connectivity index (χ3n) is 4.88. The van der Waals surface area contributed by atoms with Gasteiger partial charge in [-0.2, -0.15) is 0 Å². The zero-order valence-electron chi connectivity index (χ0n) is 16.8. The first-order chi connectivity index (χ1) is 12.7. The molecular weight excluding hydrogens is 338 g/mol. The van der Waals surface area contributed by atoms with E-state index in [4.69, 9.17) is 9.47 Å². The van der Waals surface area contributed by atoms with E-state index in [9.17, 15) is 4.79 Å². The third-order valence-corrected chi connectivity index (χ3v) is 4.88. The van der Waals surface area contributed by atoms with Crippen LogP contribution in [0, 0.1) is 6.92 Å². The lowest BCUT2D eigenvalue weighted by atomic mass is 9.89. The molecule has 2 aromatic carbocycles. The summed E-state index contributed by atoms with van der Waals surface area (Å²) in [5.74, 6) is 1.90. The molecule has 1 heterocycles. The minimum absolute atomic E-state index is 0.00000559. The molecule has 1 amide bonds. The molecule has 0 aliphatic carbocycles. The normalized spacial score (nSPS) is 17.8. The average molecular weight is 367 g/mol. The molecule has 0 radical (unpaired) electrons. The van der Waals surface area contributed by atoms with Gasteiger partial charge in [0, 0.05) is 12.0 Å². The van der Waals surface area contributed by atoms with Gasteiger partial charge < -0.3 is 14.8 Å². The molecule has 144 valence electrons. The van der Waals surface area contributed by atoms with Crippen molar-refractivity contribution in [1.29, 1.82) is 0 Å². The van der Waals surface area contributed by atoms with Crippen LogP contribution < -0.4 is 14.8 Å². The van der Waals surface area contributed by atoms with E-state index in [2.05, 4.69) is 19.2 Å². The molecule has 2 aromatic rings. The maximum absolute atomic E-state index is 12.5. The number of carbonyl (C=O) groups excluding carboxylic acids is 1. The Morgan fingerprint density at radius 3 is 2.59 bits per heavy atom. The Hall–Kier alpha value is -2.49. The topological polar surface area (TPSA) is 47.6 Å². The number of hydrogen-bond acceptors (Lipinski definition) is 3. The highest BCUT2D eigenvalue weighted by atomic mass is 16.5. The monoisotopic (exact) mass is 367 g/mol. The molecule has 3 rings (SSSR count). The smallest absolute Gasteiger partial charge is 0.258 e. The summed E-state index contributed by atoms with van der Waals surface area (Å²) >= 11 is 0. The summed E-state index contributed by atoms with van der Waals surface area (Å²) in [4.78, 5) is 12.5. The molecular formula is C23H29NO3. The first kappa shape index (κ1) is 19.3. The molecule has 0 fully saturated rings. The van der Waals surface area contributed by atoms with Crippen LogP contribution in [0.1, 0.15) is 62.8 Å². The Kier molecular flexibility index (Phi) is 5.45. The Morgan fingerprint density at radius 1 is 1.22 bits per heavy atom. The van der Waals surface area contributed by atoms with Crippen LogP contribution in [0.15, 0.2) is 42.5 Å². The number of nitrogens with one attached hydrogen (secondary N) is 1. The fourth-order valence-electron chi connectivity index (χ4n) is 3.42. The molecule has 27 heavy (non-hydrogen) atoms. The molecule has 0 saturated carbocycles. The number of ether oxygens (including phenoxy) is 2. The molecule has 0 bridgehead atoms. The van der Waals surface area contributed by atoms with Gasteiger partial charge in [-0.25, -0.2) is 0 Å². The minimum atomic E-state index is -0.327. The second-order valence-corrected chi connectivity index (χ2v) is 8.24. The van der Waals surface area contributed by atoms with Gasteiger partial charge in [0.05, 0.1) is 6.04 Å². The van der Waals surface area contributed by atoms with Gasteiger partial charge in [-0.1, -0.05) is 38.1 Å². The van der Waals surface area contributed by atoms with E-state index in [1.54, 1.807) is 0 Å². The summed E-state index contributed by atoms with van der Waals surface area (Å²) in [6.45, 7) is 10.4. The quantitative estimate of drug-likeness (QED) is 0.816. The Labute approximate surface area is 161 Å². The Morgan fingerprint density at radius 2 is 1.93 bits per heavy atom. The maximum atomic E-state index is 12.5. The Balaban J connectivity index is 1.63. The van der Waals surface area contributed by atoms with Crippen molar-refractivity contribution in [2.75, 3.05) is 6.61 Å². The van der Waals surface area contributed by atoms with Gasteiger partial charge in [-0.15, -0.1) is 0 Å². The predicted molar refractivity (Wildman–Crippen MR) is 107 cm³/mol. The van der Waals surface area contributed by atoms with Gasteiger partial charge in [-0.3, -0.25) is 4.79 Å². The maximum Gasteiger partial charge on any atom is 0.258 e. The second kappa shape index (κ2) is 7.63. The van der Waals surface area contributed by atoms with E-state index in [1.165, 1.54) is 5.56 Å². The molecule has 1 unspecified atom stereocenters. The fraction of sp³-hybridized carbons (Fsp3) is 0.435. The molecule has 0 saturated heterocycles. The van der Waals surface area contributed by atoms with Crippen LogP contribution in [-0.4, -0.2) is 18.1 Å². The van der Waals surface area contributed by atoms with E-state index in [0.29, 0.717) is 11.7 Å². The summed E-state index contributed by atoms with van der Waals surface area (Å²) in [5.41, 5.74) is 3.09. The van der Waals surface area contributed by atoms with Gasteiger partial charge >= 0.3 is 0 Å². The van der Waals surface area contributed by atoms with E-state index in [-0.39, 0.29) is 24.2 Å². The summed E-state index contributed by atoms with van der Waals surface area (Å²) in [6, 6.07) is 13.9. The SMILES string of the molecule is Cc1ccc2c(c1)OC(C)(C)CC2NC(=O)COc1ccc(C(C)C)cc1. The van der Waals surface area contributed by atoms with Gasteiger partial charge in [0.25, 0.3) is 5.91 Å². The van der Waals surface area contributed by atoms with Crippen LogP contribution >= 0.6 is 0 Å². The van der Waals surface area contributed by atoms with Crippen molar-refractivity contribution in [3.8, 4) is 11.5 Å². The summed E-state index contributed by atoms with van der Waals surface area (Å²) in [6.07, 6.45) is 0.720. The molecule has 1 N–H and O–H groups in total. The third kappa shape index (κ3) is 4.82. The van der Waals surface area contributed by atoms with Crippen molar-refractivity contribution in [1.82, 2.24) is 5.32 Å². The number of aryl methyl sites for hydroxylation is 1. The van der Waals surface area contributed by atoms with E-state index < -0.39 is 0 Å². The molecule has 0 aromatic heterocycles. The van der Waals surface area contributed by atoms with Crippen LogP contribution in [-0.2, 0) is 4.79 Å². The zero-order valence-corrected chi connectivity index (χ0v) is 16.8. The van der Waals surface area contributed by atoms with Crippen molar-refractivity contribution in [3.63, 3.8) is 0 Å². The summed E-state index contributed by atoms with van der Waals surface area (Å²) in [5, 5.41) is 3.11.